The van der Waals surface area contributed by atoms with Crippen molar-refractivity contribution in [3.63, 3.8) is 0 Å². The summed E-state index contributed by atoms with van der Waals surface area (Å²) >= 11 is 5.82. The van der Waals surface area contributed by atoms with E-state index < -0.39 is 0 Å². The van der Waals surface area contributed by atoms with E-state index in [0.29, 0.717) is 23.0 Å². The highest BCUT2D eigenvalue weighted by atomic mass is 35.5. The molecular weight excluding hydrogens is 264 g/mol. The number of carbonyl (C=O) groups is 1. The summed E-state index contributed by atoms with van der Waals surface area (Å²) in [7, 11) is 1.75. The quantitative estimate of drug-likeness (QED) is 0.860. The average molecular weight is 279 g/mol. The molecule has 100 valence electrons. The third-order valence-electron chi connectivity index (χ3n) is 2.76. The largest absolute Gasteiger partial charge is 0.355 e. The zero-order chi connectivity index (χ0) is 13.8. The zero-order valence-corrected chi connectivity index (χ0v) is 11.6. The summed E-state index contributed by atoms with van der Waals surface area (Å²) in [6.45, 7) is 2.72. The number of benzene rings is 1. The van der Waals surface area contributed by atoms with E-state index in [1.807, 2.05) is 19.1 Å². The fourth-order valence-corrected chi connectivity index (χ4v) is 1.88. The molecule has 0 bridgehead atoms. The lowest BCUT2D eigenvalue weighted by atomic mass is 10.1. The first-order valence-corrected chi connectivity index (χ1v) is 6.47. The van der Waals surface area contributed by atoms with Crippen LogP contribution in [0.25, 0.3) is 11.3 Å². The van der Waals surface area contributed by atoms with Gasteiger partial charge in [0.2, 0.25) is 0 Å². The van der Waals surface area contributed by atoms with E-state index in [4.69, 9.17) is 16.1 Å². The Morgan fingerprint density at radius 1 is 1.37 bits per heavy atom. The molecule has 1 heterocycles. The molecule has 19 heavy (non-hydrogen) atoms. The zero-order valence-electron chi connectivity index (χ0n) is 10.9. The highest BCUT2D eigenvalue weighted by molar-refractivity contribution is 6.30. The van der Waals surface area contributed by atoms with Gasteiger partial charge in [-0.05, 0) is 30.7 Å². The Kier molecular flexibility index (Phi) is 4.22. The van der Waals surface area contributed by atoms with Crippen LogP contribution in [0.5, 0.6) is 0 Å². The summed E-state index contributed by atoms with van der Waals surface area (Å²) in [5.41, 5.74) is 1.16. The summed E-state index contributed by atoms with van der Waals surface area (Å²) in [4.78, 5) is 13.6. The molecule has 0 atom stereocenters. The number of nitrogens with zero attached hydrogens (tertiary/aromatic N) is 2. The van der Waals surface area contributed by atoms with Gasteiger partial charge in [0.1, 0.15) is 0 Å². The Labute approximate surface area is 117 Å². The number of hydrogen-bond donors (Lipinski definition) is 0. The molecule has 4 nitrogen and oxygen atoms in total. The van der Waals surface area contributed by atoms with Crippen molar-refractivity contribution >= 4 is 17.5 Å². The van der Waals surface area contributed by atoms with Crippen LogP contribution >= 0.6 is 11.6 Å². The Balaban J connectivity index is 2.19. The molecule has 0 unspecified atom stereocenters. The van der Waals surface area contributed by atoms with Gasteiger partial charge >= 0.3 is 0 Å². The topological polar surface area (TPSA) is 46.3 Å². The SMILES string of the molecule is CCCN(C)C(=O)c1cc(-c2ccc(Cl)cc2)on1. The van der Waals surface area contributed by atoms with Crippen LogP contribution < -0.4 is 0 Å². The minimum atomic E-state index is -0.134. The molecule has 2 rings (SSSR count). The Morgan fingerprint density at radius 3 is 2.68 bits per heavy atom. The van der Waals surface area contributed by atoms with E-state index in [0.717, 1.165) is 12.0 Å². The van der Waals surface area contributed by atoms with E-state index in [1.165, 1.54) is 0 Å². The van der Waals surface area contributed by atoms with E-state index in [-0.39, 0.29) is 5.91 Å². The molecule has 0 spiro atoms. The fraction of sp³-hybridized carbons (Fsp3) is 0.286. The Hall–Kier alpha value is -1.81. The number of amides is 1. The lowest BCUT2D eigenvalue weighted by molar-refractivity contribution is 0.0785. The number of rotatable bonds is 4. The van der Waals surface area contributed by atoms with Gasteiger partial charge in [-0.3, -0.25) is 4.79 Å². The highest BCUT2D eigenvalue weighted by Crippen LogP contribution is 2.22. The van der Waals surface area contributed by atoms with E-state index >= 15 is 0 Å². The van der Waals surface area contributed by atoms with Crippen molar-refractivity contribution in [2.24, 2.45) is 0 Å². The smallest absolute Gasteiger partial charge is 0.275 e. The molecule has 5 heteroatoms. The van der Waals surface area contributed by atoms with Crippen LogP contribution in [-0.4, -0.2) is 29.6 Å². The summed E-state index contributed by atoms with van der Waals surface area (Å²) in [6.07, 6.45) is 0.907. The first-order chi connectivity index (χ1) is 9.11. The predicted molar refractivity (Wildman–Crippen MR) is 74.2 cm³/mol. The molecule has 1 amide bonds. The molecule has 0 saturated carbocycles. The molecular formula is C14H15ClN2O2. The van der Waals surface area contributed by atoms with Crippen LogP contribution in [0.4, 0.5) is 0 Å². The molecule has 2 aromatic rings. The van der Waals surface area contributed by atoms with Gasteiger partial charge < -0.3 is 9.42 Å². The second kappa shape index (κ2) is 5.89. The molecule has 0 saturated heterocycles. The van der Waals surface area contributed by atoms with Gasteiger partial charge in [-0.25, -0.2) is 0 Å². The first kappa shape index (κ1) is 13.6. The maximum atomic E-state index is 12.0. The van der Waals surface area contributed by atoms with Gasteiger partial charge in [-0.15, -0.1) is 0 Å². The summed E-state index contributed by atoms with van der Waals surface area (Å²) in [5, 5.41) is 4.47. The van der Waals surface area contributed by atoms with Crippen molar-refractivity contribution in [3.8, 4) is 11.3 Å². The second-order valence-electron chi connectivity index (χ2n) is 4.31. The Bertz CT molecular complexity index is 563. The van der Waals surface area contributed by atoms with Crippen molar-refractivity contribution in [1.29, 1.82) is 0 Å². The van der Waals surface area contributed by atoms with Crippen LogP contribution in [0.15, 0.2) is 34.9 Å². The van der Waals surface area contributed by atoms with Gasteiger partial charge in [-0.1, -0.05) is 23.7 Å². The average Bonchev–Trinajstić information content (AvgIpc) is 2.88. The van der Waals surface area contributed by atoms with E-state index in [1.54, 1.807) is 30.1 Å². The minimum absolute atomic E-state index is 0.134. The van der Waals surface area contributed by atoms with Crippen molar-refractivity contribution in [1.82, 2.24) is 10.1 Å². The van der Waals surface area contributed by atoms with Crippen LogP contribution in [0.3, 0.4) is 0 Å². The normalized spacial score (nSPS) is 10.5. The third-order valence-corrected chi connectivity index (χ3v) is 3.02. The molecule has 1 aromatic carbocycles. The number of hydrogen-bond acceptors (Lipinski definition) is 3. The summed E-state index contributed by atoms with van der Waals surface area (Å²) < 4.78 is 5.20. The molecule has 0 aliphatic carbocycles. The number of aromatic nitrogens is 1. The lowest BCUT2D eigenvalue weighted by Gasteiger charge is -2.13. The first-order valence-electron chi connectivity index (χ1n) is 6.10. The standard InChI is InChI=1S/C14H15ClN2O2/c1-3-8-17(2)14(18)12-9-13(19-16-12)10-4-6-11(15)7-5-10/h4-7,9H,3,8H2,1-2H3. The fourth-order valence-electron chi connectivity index (χ4n) is 1.76. The predicted octanol–water partition coefficient (Wildman–Crippen LogP) is 3.48. The van der Waals surface area contributed by atoms with E-state index in [9.17, 15) is 4.79 Å². The summed E-state index contributed by atoms with van der Waals surface area (Å²) in [5.74, 6) is 0.427. The van der Waals surface area contributed by atoms with Gasteiger partial charge in [0.15, 0.2) is 11.5 Å². The van der Waals surface area contributed by atoms with Crippen molar-refractivity contribution in [2.75, 3.05) is 13.6 Å². The van der Waals surface area contributed by atoms with Crippen LogP contribution in [-0.2, 0) is 0 Å². The van der Waals surface area contributed by atoms with Crippen LogP contribution in [0.2, 0.25) is 5.02 Å². The maximum absolute atomic E-state index is 12.0. The van der Waals surface area contributed by atoms with E-state index in [2.05, 4.69) is 5.16 Å². The Morgan fingerprint density at radius 2 is 2.05 bits per heavy atom. The second-order valence-corrected chi connectivity index (χ2v) is 4.75. The molecule has 0 fully saturated rings. The van der Waals surface area contributed by atoms with Crippen LogP contribution in [0.1, 0.15) is 23.8 Å². The molecule has 0 aliphatic rings. The molecule has 1 aromatic heterocycles. The molecule has 0 radical (unpaired) electrons. The van der Waals surface area contributed by atoms with Gasteiger partial charge in [-0.2, -0.15) is 0 Å². The third kappa shape index (κ3) is 3.15. The van der Waals surface area contributed by atoms with Crippen molar-refractivity contribution in [2.45, 2.75) is 13.3 Å². The molecule has 0 aliphatic heterocycles. The van der Waals surface area contributed by atoms with Gasteiger partial charge in [0.25, 0.3) is 5.91 Å². The highest BCUT2D eigenvalue weighted by Gasteiger charge is 2.16. The number of halogens is 1. The van der Waals surface area contributed by atoms with Crippen LogP contribution in [0, 0.1) is 0 Å². The lowest BCUT2D eigenvalue weighted by Crippen LogP contribution is -2.27. The monoisotopic (exact) mass is 278 g/mol. The minimum Gasteiger partial charge on any atom is -0.355 e. The number of carbonyl (C=O) groups excluding carboxylic acids is 1. The van der Waals surface area contributed by atoms with Crippen molar-refractivity contribution < 1.29 is 9.32 Å². The summed E-state index contributed by atoms with van der Waals surface area (Å²) in [6, 6.07) is 8.84. The van der Waals surface area contributed by atoms with Gasteiger partial charge in [0.05, 0.1) is 0 Å². The molecule has 0 N–H and O–H groups in total. The van der Waals surface area contributed by atoms with Crippen molar-refractivity contribution in [3.05, 3.63) is 41.0 Å². The van der Waals surface area contributed by atoms with Gasteiger partial charge in [0, 0.05) is 30.2 Å². The maximum Gasteiger partial charge on any atom is 0.275 e.